The van der Waals surface area contributed by atoms with E-state index in [4.69, 9.17) is 0 Å². The van der Waals surface area contributed by atoms with Crippen molar-refractivity contribution in [2.75, 3.05) is 0 Å². The van der Waals surface area contributed by atoms with Crippen LogP contribution >= 0.6 is 15.9 Å². The molecule has 0 amide bonds. The van der Waals surface area contributed by atoms with Crippen molar-refractivity contribution in [2.24, 2.45) is 0 Å². The Bertz CT molecular complexity index is 547. The summed E-state index contributed by atoms with van der Waals surface area (Å²) in [5.41, 5.74) is 0.117. The fourth-order valence-electron chi connectivity index (χ4n) is 1.49. The third-order valence-corrected chi connectivity index (χ3v) is 3.52. The molecule has 0 saturated heterocycles. The number of alkyl halides is 1. The van der Waals surface area contributed by atoms with E-state index in [0.29, 0.717) is 17.8 Å². The second kappa shape index (κ2) is 5.09. The van der Waals surface area contributed by atoms with E-state index in [1.807, 2.05) is 6.92 Å². The van der Waals surface area contributed by atoms with E-state index >= 15 is 0 Å². The van der Waals surface area contributed by atoms with E-state index in [9.17, 15) is 13.2 Å². The van der Waals surface area contributed by atoms with Crippen LogP contribution < -0.4 is 0 Å². The zero-order chi connectivity index (χ0) is 13.3. The Kier molecular flexibility index (Phi) is 3.70. The molecule has 0 bridgehead atoms. The van der Waals surface area contributed by atoms with E-state index in [1.54, 1.807) is 0 Å². The first-order chi connectivity index (χ1) is 8.52. The molecule has 0 aliphatic rings. The van der Waals surface area contributed by atoms with Crippen LogP contribution in [0.4, 0.5) is 13.2 Å². The first-order valence-electron chi connectivity index (χ1n) is 5.24. The van der Waals surface area contributed by atoms with Gasteiger partial charge in [0, 0.05) is 12.1 Å². The minimum atomic E-state index is -1.02. The normalized spacial score (nSPS) is 12.7. The van der Waals surface area contributed by atoms with Gasteiger partial charge in [-0.3, -0.25) is 0 Å². The van der Waals surface area contributed by atoms with Gasteiger partial charge < -0.3 is 0 Å². The molecule has 0 spiro atoms. The van der Waals surface area contributed by atoms with Gasteiger partial charge in [0.15, 0.2) is 11.6 Å². The summed E-state index contributed by atoms with van der Waals surface area (Å²) in [6, 6.07) is 1.20. The van der Waals surface area contributed by atoms with E-state index in [2.05, 4.69) is 26.2 Å². The fraction of sp³-hybridized carbons (Fsp3) is 0.273. The van der Waals surface area contributed by atoms with Crippen molar-refractivity contribution in [1.29, 1.82) is 0 Å². The van der Waals surface area contributed by atoms with Crippen LogP contribution in [0.3, 0.4) is 0 Å². The first-order valence-corrected chi connectivity index (χ1v) is 6.15. The van der Waals surface area contributed by atoms with Gasteiger partial charge in [-0.25, -0.2) is 17.9 Å². The summed E-state index contributed by atoms with van der Waals surface area (Å²) in [7, 11) is 0. The maximum absolute atomic E-state index is 13.5. The van der Waals surface area contributed by atoms with Gasteiger partial charge in [-0.1, -0.05) is 28.1 Å². The Balaban J connectivity index is 2.46. The molecule has 1 atom stereocenters. The van der Waals surface area contributed by atoms with Crippen LogP contribution in [0.5, 0.6) is 0 Å². The van der Waals surface area contributed by atoms with Crippen LogP contribution in [-0.4, -0.2) is 15.0 Å². The molecule has 2 rings (SSSR count). The number of nitrogens with zero attached hydrogens (tertiary/aromatic N) is 3. The van der Waals surface area contributed by atoms with Crippen molar-refractivity contribution in [3.8, 4) is 5.69 Å². The highest BCUT2D eigenvalue weighted by molar-refractivity contribution is 9.09. The van der Waals surface area contributed by atoms with E-state index in [0.717, 1.165) is 11.1 Å². The summed E-state index contributed by atoms with van der Waals surface area (Å²) >= 11 is 3.36. The maximum Gasteiger partial charge on any atom is 0.154 e. The van der Waals surface area contributed by atoms with Crippen molar-refractivity contribution >= 4 is 15.9 Å². The summed E-state index contributed by atoms with van der Waals surface area (Å²) in [6.07, 6.45) is 2.16. The molecule has 0 saturated carbocycles. The van der Waals surface area contributed by atoms with Crippen LogP contribution in [0.2, 0.25) is 0 Å². The second-order valence-electron chi connectivity index (χ2n) is 3.68. The summed E-state index contributed by atoms with van der Waals surface area (Å²) < 4.78 is 40.8. The average molecular weight is 320 g/mol. The number of rotatable bonds is 3. The molecular formula is C11H9BrF3N3. The molecule has 1 aromatic heterocycles. The summed E-state index contributed by atoms with van der Waals surface area (Å²) in [4.78, 5) is -0.0437. The van der Waals surface area contributed by atoms with E-state index < -0.39 is 23.1 Å². The maximum atomic E-state index is 13.5. The zero-order valence-corrected chi connectivity index (χ0v) is 11.0. The van der Waals surface area contributed by atoms with Crippen LogP contribution in [0.1, 0.15) is 23.9 Å². The molecule has 2 aromatic rings. The average Bonchev–Trinajstić information content (AvgIpc) is 2.76. The van der Waals surface area contributed by atoms with Crippen LogP contribution in [0, 0.1) is 17.5 Å². The standard InChI is InChI=1S/C11H9BrF3N3/c1-2-7(12)10-5-18(17-16-10)11-8(14)3-6(13)4-9(11)15/h3-5,7H,2H2,1H3. The predicted molar refractivity (Wildman–Crippen MR) is 63.2 cm³/mol. The van der Waals surface area contributed by atoms with Gasteiger partial charge in [0.2, 0.25) is 0 Å². The molecule has 0 N–H and O–H groups in total. The van der Waals surface area contributed by atoms with Crippen molar-refractivity contribution in [3.05, 3.63) is 41.5 Å². The molecule has 1 aromatic carbocycles. The van der Waals surface area contributed by atoms with E-state index in [-0.39, 0.29) is 4.83 Å². The SMILES string of the molecule is CCC(Br)c1cn(-c2c(F)cc(F)cc2F)nn1. The lowest BCUT2D eigenvalue weighted by Gasteiger charge is -2.04. The van der Waals surface area contributed by atoms with Crippen LogP contribution in [-0.2, 0) is 0 Å². The van der Waals surface area contributed by atoms with Gasteiger partial charge in [0.1, 0.15) is 11.5 Å². The van der Waals surface area contributed by atoms with Crippen molar-refractivity contribution in [2.45, 2.75) is 18.2 Å². The Hall–Kier alpha value is -1.37. The predicted octanol–water partition coefficient (Wildman–Crippen LogP) is 3.53. The number of halogens is 4. The van der Waals surface area contributed by atoms with Gasteiger partial charge in [-0.15, -0.1) is 5.10 Å². The van der Waals surface area contributed by atoms with Gasteiger partial charge in [-0.2, -0.15) is 0 Å². The molecule has 96 valence electrons. The Labute approximate surface area is 110 Å². The summed E-state index contributed by atoms with van der Waals surface area (Å²) in [5, 5.41) is 7.45. The molecule has 1 unspecified atom stereocenters. The molecule has 1 heterocycles. The van der Waals surface area contributed by atoms with Gasteiger partial charge in [0.05, 0.1) is 16.7 Å². The lowest BCUT2D eigenvalue weighted by molar-refractivity contribution is 0.526. The Morgan fingerprint density at radius 3 is 2.44 bits per heavy atom. The van der Waals surface area contributed by atoms with Crippen LogP contribution in [0.25, 0.3) is 5.69 Å². The highest BCUT2D eigenvalue weighted by Crippen LogP contribution is 2.25. The smallest absolute Gasteiger partial charge is 0.154 e. The highest BCUT2D eigenvalue weighted by Gasteiger charge is 2.17. The molecule has 0 aliphatic carbocycles. The van der Waals surface area contributed by atoms with E-state index in [1.165, 1.54) is 6.20 Å². The number of hydrogen-bond donors (Lipinski definition) is 0. The summed E-state index contributed by atoms with van der Waals surface area (Å²) in [6.45, 7) is 1.93. The molecule has 0 radical (unpaired) electrons. The second-order valence-corrected chi connectivity index (χ2v) is 4.79. The molecular weight excluding hydrogens is 311 g/mol. The highest BCUT2D eigenvalue weighted by atomic mass is 79.9. The number of benzene rings is 1. The quantitative estimate of drug-likeness (QED) is 0.810. The lowest BCUT2D eigenvalue weighted by Crippen LogP contribution is -2.03. The monoisotopic (exact) mass is 319 g/mol. The Morgan fingerprint density at radius 1 is 1.28 bits per heavy atom. The topological polar surface area (TPSA) is 30.7 Å². The minimum Gasteiger partial charge on any atom is -0.214 e. The lowest BCUT2D eigenvalue weighted by atomic mass is 10.2. The minimum absolute atomic E-state index is 0.0437. The van der Waals surface area contributed by atoms with Crippen molar-refractivity contribution in [3.63, 3.8) is 0 Å². The molecule has 3 nitrogen and oxygen atoms in total. The van der Waals surface area contributed by atoms with Gasteiger partial charge >= 0.3 is 0 Å². The van der Waals surface area contributed by atoms with Crippen molar-refractivity contribution < 1.29 is 13.2 Å². The Morgan fingerprint density at radius 2 is 1.89 bits per heavy atom. The largest absolute Gasteiger partial charge is 0.214 e. The third-order valence-electron chi connectivity index (χ3n) is 2.40. The fourth-order valence-corrected chi connectivity index (χ4v) is 1.70. The third kappa shape index (κ3) is 2.40. The molecule has 0 fully saturated rings. The van der Waals surface area contributed by atoms with Gasteiger partial charge in [-0.05, 0) is 6.42 Å². The molecule has 7 heteroatoms. The summed E-state index contributed by atoms with van der Waals surface area (Å²) in [5.74, 6) is -3.01. The number of hydrogen-bond acceptors (Lipinski definition) is 2. The first kappa shape index (κ1) is 13.1. The molecule has 0 aliphatic heterocycles. The van der Waals surface area contributed by atoms with Crippen LogP contribution in [0.15, 0.2) is 18.3 Å². The number of aromatic nitrogens is 3. The van der Waals surface area contributed by atoms with Crippen molar-refractivity contribution in [1.82, 2.24) is 15.0 Å². The zero-order valence-electron chi connectivity index (χ0n) is 9.37. The molecule has 18 heavy (non-hydrogen) atoms. The van der Waals surface area contributed by atoms with Gasteiger partial charge in [0.25, 0.3) is 0 Å².